The van der Waals surface area contributed by atoms with Crippen LogP contribution in [-0.4, -0.2) is 34.2 Å². The van der Waals surface area contributed by atoms with Gasteiger partial charge in [0.15, 0.2) is 5.78 Å². The molecule has 0 N–H and O–H groups in total. The van der Waals surface area contributed by atoms with Gasteiger partial charge in [0.1, 0.15) is 17.8 Å². The molecule has 2 atom stereocenters. The number of nitrogens with zero attached hydrogens (tertiary/aromatic N) is 2. The molecule has 2 fully saturated rings. The molecular formula is C20H21FN2O2S. The van der Waals surface area contributed by atoms with Crippen LogP contribution in [0, 0.1) is 11.7 Å². The third kappa shape index (κ3) is 3.62. The van der Waals surface area contributed by atoms with Gasteiger partial charge in [-0.2, -0.15) is 12.6 Å². The Balaban J connectivity index is 1.65. The van der Waals surface area contributed by atoms with E-state index in [9.17, 15) is 9.18 Å². The summed E-state index contributed by atoms with van der Waals surface area (Å²) in [5, 5.41) is 4.03. The van der Waals surface area contributed by atoms with Crippen molar-refractivity contribution in [3.63, 3.8) is 0 Å². The molecule has 2 heterocycles. The van der Waals surface area contributed by atoms with Crippen molar-refractivity contribution in [3.05, 3.63) is 59.2 Å². The highest BCUT2D eigenvalue weighted by molar-refractivity contribution is 7.81. The van der Waals surface area contributed by atoms with Crippen molar-refractivity contribution in [1.29, 1.82) is 0 Å². The summed E-state index contributed by atoms with van der Waals surface area (Å²) >= 11 is 4.68. The van der Waals surface area contributed by atoms with E-state index in [0.29, 0.717) is 18.7 Å². The molecular weight excluding hydrogens is 351 g/mol. The number of likely N-dealkylation sites (tertiary alicyclic amines) is 1. The monoisotopic (exact) mass is 372 g/mol. The van der Waals surface area contributed by atoms with E-state index in [-0.39, 0.29) is 22.8 Å². The van der Waals surface area contributed by atoms with E-state index in [1.54, 1.807) is 24.3 Å². The zero-order valence-electron chi connectivity index (χ0n) is 14.3. The molecule has 4 rings (SSSR count). The van der Waals surface area contributed by atoms with Gasteiger partial charge in [0.05, 0.1) is 6.04 Å². The first-order valence-electron chi connectivity index (χ1n) is 8.94. The van der Waals surface area contributed by atoms with Crippen LogP contribution in [-0.2, 0) is 4.79 Å². The number of rotatable bonds is 5. The van der Waals surface area contributed by atoms with E-state index in [1.807, 2.05) is 6.08 Å². The minimum atomic E-state index is -0.537. The number of piperidine rings is 1. The maximum atomic E-state index is 14.5. The number of ketones is 1. The van der Waals surface area contributed by atoms with E-state index in [0.717, 1.165) is 30.5 Å². The molecule has 2 aliphatic rings. The van der Waals surface area contributed by atoms with Crippen molar-refractivity contribution >= 4 is 24.5 Å². The molecule has 0 spiro atoms. The van der Waals surface area contributed by atoms with Crippen LogP contribution in [0.2, 0.25) is 0 Å². The first-order chi connectivity index (χ1) is 12.6. The van der Waals surface area contributed by atoms with Gasteiger partial charge in [0.2, 0.25) is 0 Å². The van der Waals surface area contributed by atoms with Crippen molar-refractivity contribution in [1.82, 2.24) is 10.1 Å². The van der Waals surface area contributed by atoms with Crippen molar-refractivity contribution in [2.45, 2.75) is 30.6 Å². The molecule has 1 aromatic carbocycles. The smallest absolute Gasteiger partial charge is 0.157 e. The van der Waals surface area contributed by atoms with Crippen LogP contribution in [0.4, 0.5) is 4.39 Å². The highest BCUT2D eigenvalue weighted by Gasteiger charge is 2.40. The Labute approximate surface area is 157 Å². The summed E-state index contributed by atoms with van der Waals surface area (Å²) in [6, 6.07) is 7.87. The lowest BCUT2D eigenvalue weighted by Crippen LogP contribution is -2.42. The van der Waals surface area contributed by atoms with Crippen LogP contribution in [0.25, 0.3) is 6.08 Å². The highest BCUT2D eigenvalue weighted by Crippen LogP contribution is 2.39. The summed E-state index contributed by atoms with van der Waals surface area (Å²) in [5.41, 5.74) is 2.28. The highest BCUT2D eigenvalue weighted by atomic mass is 32.1. The summed E-state index contributed by atoms with van der Waals surface area (Å²) in [7, 11) is 0. The normalized spacial score (nSPS) is 23.9. The second kappa shape index (κ2) is 7.37. The average molecular weight is 372 g/mol. The van der Waals surface area contributed by atoms with Gasteiger partial charge in [-0.1, -0.05) is 23.4 Å². The van der Waals surface area contributed by atoms with Gasteiger partial charge in [0.25, 0.3) is 0 Å². The lowest BCUT2D eigenvalue weighted by Gasteiger charge is -2.37. The fourth-order valence-electron chi connectivity index (χ4n) is 3.56. The molecule has 0 radical (unpaired) electrons. The van der Waals surface area contributed by atoms with Crippen molar-refractivity contribution in [2.24, 2.45) is 5.92 Å². The number of aromatic nitrogens is 1. The standard InChI is InChI=1S/C20H21FN2O2S/c21-17-4-2-1-3-16(17)19(20(24)13-5-6-13)23-9-7-18(26)14(12-23)11-15-8-10-25-22-15/h1-4,8,10-11,13,18-19,26H,5-7,9,12H2/b14-11+. The van der Waals surface area contributed by atoms with Crippen LogP contribution >= 0.6 is 12.6 Å². The summed E-state index contributed by atoms with van der Waals surface area (Å²) in [6.07, 6.45) is 6.10. The molecule has 0 bridgehead atoms. The zero-order chi connectivity index (χ0) is 18.1. The molecule has 136 valence electrons. The van der Waals surface area contributed by atoms with Crippen molar-refractivity contribution in [2.75, 3.05) is 13.1 Å². The van der Waals surface area contributed by atoms with E-state index in [2.05, 4.69) is 22.7 Å². The molecule has 1 saturated heterocycles. The lowest BCUT2D eigenvalue weighted by atomic mass is 9.93. The minimum absolute atomic E-state index is 0.0660. The molecule has 6 heteroatoms. The fourth-order valence-corrected chi connectivity index (χ4v) is 3.83. The van der Waals surface area contributed by atoms with Crippen LogP contribution in [0.15, 0.2) is 46.7 Å². The minimum Gasteiger partial charge on any atom is -0.364 e. The third-order valence-electron chi connectivity index (χ3n) is 5.11. The number of hydrogen-bond donors (Lipinski definition) is 1. The Morgan fingerprint density at radius 3 is 2.81 bits per heavy atom. The number of benzene rings is 1. The number of carbonyl (C=O) groups is 1. The average Bonchev–Trinajstić information content (AvgIpc) is 3.37. The number of carbonyl (C=O) groups excluding carboxylic acids is 1. The largest absolute Gasteiger partial charge is 0.364 e. The Kier molecular flexibility index (Phi) is 4.96. The van der Waals surface area contributed by atoms with Gasteiger partial charge in [-0.05, 0) is 37.0 Å². The fraction of sp³-hybridized carbons (Fsp3) is 0.400. The summed E-state index contributed by atoms with van der Waals surface area (Å²) in [4.78, 5) is 15.1. The molecule has 0 amide bonds. The maximum Gasteiger partial charge on any atom is 0.157 e. The molecule has 2 aromatic rings. The van der Waals surface area contributed by atoms with Crippen LogP contribution in [0.5, 0.6) is 0 Å². The Morgan fingerprint density at radius 2 is 2.12 bits per heavy atom. The number of halogens is 1. The second-order valence-corrected chi connectivity index (χ2v) is 7.64. The molecule has 1 aromatic heterocycles. The van der Waals surface area contributed by atoms with Gasteiger partial charge >= 0.3 is 0 Å². The Morgan fingerprint density at radius 1 is 1.31 bits per heavy atom. The first-order valence-corrected chi connectivity index (χ1v) is 9.46. The SMILES string of the molecule is O=C(C1CC1)C(c1ccccc1F)N1CCC(S)/C(=C/c2ccon2)C1. The van der Waals surface area contributed by atoms with Gasteiger partial charge < -0.3 is 4.52 Å². The predicted octanol–water partition coefficient (Wildman–Crippen LogP) is 3.92. The summed E-state index contributed by atoms with van der Waals surface area (Å²) in [5.74, 6) is -0.119. The van der Waals surface area contributed by atoms with E-state index >= 15 is 0 Å². The van der Waals surface area contributed by atoms with Crippen molar-refractivity contribution < 1.29 is 13.7 Å². The Bertz CT molecular complexity index is 817. The molecule has 1 aliphatic carbocycles. The lowest BCUT2D eigenvalue weighted by molar-refractivity contribution is -0.126. The molecule has 26 heavy (non-hydrogen) atoms. The second-order valence-electron chi connectivity index (χ2n) is 7.02. The number of hydrogen-bond acceptors (Lipinski definition) is 5. The van der Waals surface area contributed by atoms with Crippen LogP contribution in [0.1, 0.15) is 36.6 Å². The number of thiol groups is 1. The zero-order valence-corrected chi connectivity index (χ0v) is 15.2. The Hall–Kier alpha value is -1.92. The molecule has 1 aliphatic heterocycles. The first kappa shape index (κ1) is 17.5. The third-order valence-corrected chi connectivity index (χ3v) is 5.70. The van der Waals surface area contributed by atoms with E-state index in [4.69, 9.17) is 4.52 Å². The topological polar surface area (TPSA) is 46.3 Å². The van der Waals surface area contributed by atoms with E-state index in [1.165, 1.54) is 12.3 Å². The van der Waals surface area contributed by atoms with Gasteiger partial charge in [0, 0.05) is 35.9 Å². The summed E-state index contributed by atoms with van der Waals surface area (Å²) < 4.78 is 19.4. The summed E-state index contributed by atoms with van der Waals surface area (Å²) in [6.45, 7) is 1.28. The van der Waals surface area contributed by atoms with Crippen LogP contribution in [0.3, 0.4) is 0 Å². The quantitative estimate of drug-likeness (QED) is 0.808. The number of Topliss-reactive ketones (excluding diaryl/α,β-unsaturated/α-hetero) is 1. The predicted molar refractivity (Wildman–Crippen MR) is 100 cm³/mol. The van der Waals surface area contributed by atoms with Gasteiger partial charge in [-0.3, -0.25) is 9.69 Å². The molecule has 4 nitrogen and oxygen atoms in total. The van der Waals surface area contributed by atoms with Gasteiger partial charge in [-0.15, -0.1) is 0 Å². The maximum absolute atomic E-state index is 14.5. The van der Waals surface area contributed by atoms with Crippen molar-refractivity contribution in [3.8, 4) is 0 Å². The molecule has 2 unspecified atom stereocenters. The molecule has 1 saturated carbocycles. The van der Waals surface area contributed by atoms with Gasteiger partial charge in [-0.25, -0.2) is 4.39 Å². The van der Waals surface area contributed by atoms with Crippen LogP contribution < -0.4 is 0 Å². The van der Waals surface area contributed by atoms with E-state index < -0.39 is 6.04 Å².